The molecule has 2 N–H and O–H groups in total. The molecule has 5 nitrogen and oxygen atoms in total. The number of pyridine rings is 1. The number of benzene rings is 1. The van der Waals surface area contributed by atoms with Crippen molar-refractivity contribution in [3.8, 4) is 0 Å². The number of carbonyl (C=O) groups excluding carboxylic acids is 1. The topological polar surface area (TPSA) is 67.2 Å². The number of hydrogen-bond acceptors (Lipinski definition) is 3. The molecule has 0 atom stereocenters. The summed E-state index contributed by atoms with van der Waals surface area (Å²) in [7, 11) is 0. The molecule has 0 fully saturated rings. The molecule has 0 aliphatic rings. The number of aliphatic hydroxyl groups excluding tert-OH is 1. The Hall–Kier alpha value is -2.92. The monoisotopic (exact) mass is 349 g/mol. The van der Waals surface area contributed by atoms with Gasteiger partial charge in [-0.3, -0.25) is 9.78 Å². The first-order valence-electron chi connectivity index (χ1n) is 8.66. The molecule has 0 bridgehead atoms. The van der Waals surface area contributed by atoms with Crippen molar-refractivity contribution in [1.29, 1.82) is 0 Å². The van der Waals surface area contributed by atoms with E-state index in [1.54, 1.807) is 6.20 Å². The van der Waals surface area contributed by atoms with Gasteiger partial charge >= 0.3 is 0 Å². The Labute approximate surface area is 153 Å². The van der Waals surface area contributed by atoms with E-state index < -0.39 is 0 Å². The van der Waals surface area contributed by atoms with Gasteiger partial charge in [-0.2, -0.15) is 0 Å². The highest BCUT2D eigenvalue weighted by Gasteiger charge is 2.16. The number of aliphatic hydroxyl groups is 1. The van der Waals surface area contributed by atoms with Crippen LogP contribution in [-0.4, -0.2) is 27.2 Å². The molecular weight excluding hydrogens is 326 g/mol. The van der Waals surface area contributed by atoms with Crippen LogP contribution in [0.15, 0.2) is 54.7 Å². The molecule has 2 heterocycles. The number of aryl methyl sites for hydroxylation is 1. The largest absolute Gasteiger partial charge is 0.396 e. The molecule has 2 aromatic heterocycles. The number of amides is 1. The minimum absolute atomic E-state index is 0.119. The van der Waals surface area contributed by atoms with Crippen LogP contribution in [0.5, 0.6) is 0 Å². The smallest absolute Gasteiger partial charge is 0.257 e. The maximum atomic E-state index is 12.7. The van der Waals surface area contributed by atoms with Gasteiger partial charge in [0.2, 0.25) is 0 Å². The molecular formula is C21H23N3O2. The second-order valence-electron chi connectivity index (χ2n) is 6.32. The van der Waals surface area contributed by atoms with Crippen molar-refractivity contribution in [2.24, 2.45) is 0 Å². The van der Waals surface area contributed by atoms with Gasteiger partial charge in [-0.15, -0.1) is 0 Å². The van der Waals surface area contributed by atoms with Gasteiger partial charge in [0, 0.05) is 29.9 Å². The minimum Gasteiger partial charge on any atom is -0.396 e. The molecule has 26 heavy (non-hydrogen) atoms. The summed E-state index contributed by atoms with van der Waals surface area (Å²) >= 11 is 0. The van der Waals surface area contributed by atoms with E-state index in [2.05, 4.69) is 14.9 Å². The lowest BCUT2D eigenvalue weighted by Gasteiger charge is -2.10. The minimum atomic E-state index is -0.125. The van der Waals surface area contributed by atoms with Crippen molar-refractivity contribution >= 4 is 11.6 Å². The Morgan fingerprint density at radius 1 is 1.15 bits per heavy atom. The molecule has 3 aromatic rings. The first kappa shape index (κ1) is 17.9. The van der Waals surface area contributed by atoms with Crippen LogP contribution in [-0.2, 0) is 13.0 Å². The number of aromatic nitrogens is 2. The fourth-order valence-electron chi connectivity index (χ4n) is 3.01. The summed E-state index contributed by atoms with van der Waals surface area (Å²) in [5.41, 5.74) is 5.35. The van der Waals surface area contributed by atoms with Crippen molar-refractivity contribution < 1.29 is 9.90 Å². The molecule has 0 saturated heterocycles. The van der Waals surface area contributed by atoms with Gasteiger partial charge in [0.05, 0.1) is 17.8 Å². The van der Waals surface area contributed by atoms with Gasteiger partial charge < -0.3 is 15.0 Å². The Balaban J connectivity index is 1.76. The van der Waals surface area contributed by atoms with E-state index in [0.717, 1.165) is 28.3 Å². The predicted octanol–water partition coefficient (Wildman–Crippen LogP) is 3.34. The van der Waals surface area contributed by atoms with E-state index in [0.29, 0.717) is 18.5 Å². The number of anilines is 1. The first-order chi connectivity index (χ1) is 12.6. The van der Waals surface area contributed by atoms with E-state index in [-0.39, 0.29) is 12.5 Å². The van der Waals surface area contributed by atoms with Gasteiger partial charge in [0.1, 0.15) is 0 Å². The average Bonchev–Trinajstić information content (AvgIpc) is 2.93. The van der Waals surface area contributed by atoms with E-state index in [9.17, 15) is 4.79 Å². The van der Waals surface area contributed by atoms with Crippen molar-refractivity contribution in [2.45, 2.75) is 26.8 Å². The van der Waals surface area contributed by atoms with Crippen LogP contribution in [0.25, 0.3) is 0 Å². The zero-order valence-corrected chi connectivity index (χ0v) is 15.1. The predicted molar refractivity (Wildman–Crippen MR) is 102 cm³/mol. The van der Waals surface area contributed by atoms with Crippen LogP contribution in [0, 0.1) is 13.8 Å². The quantitative estimate of drug-likeness (QED) is 0.717. The standard InChI is InChI=1S/C21H23N3O2/c1-15-13-20(16(2)24(15)14-19-5-3-4-11-22-19)21(26)23-18-8-6-17(7-9-18)10-12-25/h3-9,11,13,25H,10,12,14H2,1-2H3,(H,23,26). The third-order valence-electron chi connectivity index (χ3n) is 4.48. The SMILES string of the molecule is Cc1cc(C(=O)Nc2ccc(CCO)cc2)c(C)n1Cc1ccccn1. The number of nitrogens with one attached hydrogen (secondary N) is 1. The third kappa shape index (κ3) is 4.00. The molecule has 1 aromatic carbocycles. The van der Waals surface area contributed by atoms with E-state index >= 15 is 0 Å². The normalized spacial score (nSPS) is 10.7. The summed E-state index contributed by atoms with van der Waals surface area (Å²) in [5, 5.41) is 11.9. The number of nitrogens with zero attached hydrogens (tertiary/aromatic N) is 2. The van der Waals surface area contributed by atoms with Crippen LogP contribution in [0.2, 0.25) is 0 Å². The highest BCUT2D eigenvalue weighted by Crippen LogP contribution is 2.19. The molecule has 0 radical (unpaired) electrons. The molecule has 134 valence electrons. The number of carbonyl (C=O) groups is 1. The summed E-state index contributed by atoms with van der Waals surface area (Å²) in [5.74, 6) is -0.125. The van der Waals surface area contributed by atoms with Crippen LogP contribution in [0.3, 0.4) is 0 Å². The van der Waals surface area contributed by atoms with Gasteiger partial charge in [-0.05, 0) is 56.2 Å². The lowest BCUT2D eigenvalue weighted by molar-refractivity contribution is 0.102. The summed E-state index contributed by atoms with van der Waals surface area (Å²) in [6, 6.07) is 15.3. The maximum Gasteiger partial charge on any atom is 0.257 e. The summed E-state index contributed by atoms with van der Waals surface area (Å²) < 4.78 is 2.10. The molecule has 0 unspecified atom stereocenters. The first-order valence-corrected chi connectivity index (χ1v) is 8.66. The second kappa shape index (κ2) is 7.97. The van der Waals surface area contributed by atoms with Crippen molar-refractivity contribution in [3.05, 3.63) is 82.9 Å². The van der Waals surface area contributed by atoms with E-state index in [1.165, 1.54) is 0 Å². The van der Waals surface area contributed by atoms with Gasteiger partial charge in [0.25, 0.3) is 5.91 Å². The molecule has 5 heteroatoms. The number of rotatable bonds is 6. The molecule has 0 saturated carbocycles. The Morgan fingerprint density at radius 3 is 2.58 bits per heavy atom. The fraction of sp³-hybridized carbons (Fsp3) is 0.238. The van der Waals surface area contributed by atoms with E-state index in [4.69, 9.17) is 5.11 Å². The zero-order chi connectivity index (χ0) is 18.5. The lowest BCUT2D eigenvalue weighted by Crippen LogP contribution is -2.13. The van der Waals surface area contributed by atoms with Crippen LogP contribution in [0.1, 0.15) is 33.0 Å². The van der Waals surface area contributed by atoms with Crippen molar-refractivity contribution in [2.75, 3.05) is 11.9 Å². The van der Waals surface area contributed by atoms with Crippen LogP contribution in [0.4, 0.5) is 5.69 Å². The maximum absolute atomic E-state index is 12.7. The summed E-state index contributed by atoms with van der Waals surface area (Å²) in [6.45, 7) is 4.71. The van der Waals surface area contributed by atoms with Crippen molar-refractivity contribution in [3.63, 3.8) is 0 Å². The molecule has 0 spiro atoms. The fourth-order valence-corrected chi connectivity index (χ4v) is 3.01. The Morgan fingerprint density at radius 2 is 1.92 bits per heavy atom. The van der Waals surface area contributed by atoms with Crippen molar-refractivity contribution in [1.82, 2.24) is 9.55 Å². The highest BCUT2D eigenvalue weighted by atomic mass is 16.3. The van der Waals surface area contributed by atoms with Gasteiger partial charge in [0.15, 0.2) is 0 Å². The van der Waals surface area contributed by atoms with E-state index in [1.807, 2.05) is 62.4 Å². The third-order valence-corrected chi connectivity index (χ3v) is 4.48. The number of hydrogen-bond donors (Lipinski definition) is 2. The zero-order valence-electron chi connectivity index (χ0n) is 15.1. The summed E-state index contributed by atoms with van der Waals surface area (Å²) in [6.07, 6.45) is 2.39. The Kier molecular flexibility index (Phi) is 5.49. The average molecular weight is 349 g/mol. The van der Waals surface area contributed by atoms with Gasteiger partial charge in [-0.25, -0.2) is 0 Å². The molecule has 0 aliphatic heterocycles. The van der Waals surface area contributed by atoms with Gasteiger partial charge in [-0.1, -0.05) is 18.2 Å². The molecule has 3 rings (SSSR count). The molecule has 1 amide bonds. The highest BCUT2D eigenvalue weighted by molar-refractivity contribution is 6.05. The Bertz CT molecular complexity index is 884. The van der Waals surface area contributed by atoms with Crippen LogP contribution < -0.4 is 5.32 Å². The molecule has 0 aliphatic carbocycles. The lowest BCUT2D eigenvalue weighted by atomic mass is 10.1. The second-order valence-corrected chi connectivity index (χ2v) is 6.32. The summed E-state index contributed by atoms with van der Waals surface area (Å²) in [4.78, 5) is 17.0. The van der Waals surface area contributed by atoms with Crippen LogP contribution >= 0.6 is 0 Å².